The minimum atomic E-state index is -0.720. The summed E-state index contributed by atoms with van der Waals surface area (Å²) in [7, 11) is 0. The number of carbonyl (C=O) groups is 3. The number of nitrogens with zero attached hydrogens (tertiary/aromatic N) is 1. The molecule has 2 heterocycles. The minimum absolute atomic E-state index is 0.0619. The van der Waals surface area contributed by atoms with Crippen LogP contribution in [-0.2, 0) is 14.4 Å². The number of imide groups is 1. The second-order valence-electron chi connectivity index (χ2n) is 5.49. The number of H-pyrrole nitrogens is 1. The second-order valence-corrected chi connectivity index (χ2v) is 6.70. The lowest BCUT2D eigenvalue weighted by Crippen LogP contribution is -2.32. The number of hydroxylamine groups is 2. The first-order valence-electron chi connectivity index (χ1n) is 7.88. The van der Waals surface area contributed by atoms with Crippen LogP contribution in [0.15, 0.2) is 48.7 Å². The third-order valence-electron chi connectivity index (χ3n) is 3.49. The number of aromatic amines is 1. The van der Waals surface area contributed by atoms with Gasteiger partial charge in [0.15, 0.2) is 0 Å². The van der Waals surface area contributed by atoms with Crippen molar-refractivity contribution in [3.63, 3.8) is 0 Å². The molecule has 1 N–H and O–H groups in total. The molecule has 8 heteroatoms. The predicted molar refractivity (Wildman–Crippen MR) is 102 cm³/mol. The molecule has 0 saturated carbocycles. The molecule has 0 bridgehead atoms. The normalized spacial score (nSPS) is 14.5. The Hall–Kier alpha value is -2.45. The third kappa shape index (κ3) is 5.53. The standard InChI is InChI=1S/C13H13NO4S.C5H5NS/c1-8(19)9-2-4-10(5-3-9)13(17)18-14-11(15)6-7-12(14)16;7-5-3-1-2-4-6-5/h2-5,8,19H,6-7H2,1H3;1-4H,(H,6,7). The number of thiol groups is 1. The first-order valence-corrected chi connectivity index (χ1v) is 8.81. The van der Waals surface area contributed by atoms with Gasteiger partial charge in [-0.3, -0.25) is 9.59 Å². The molecule has 1 aromatic heterocycles. The maximum absolute atomic E-state index is 11.8. The van der Waals surface area contributed by atoms with Gasteiger partial charge in [0.05, 0.1) is 5.56 Å². The lowest BCUT2D eigenvalue weighted by atomic mass is 10.1. The van der Waals surface area contributed by atoms with E-state index in [4.69, 9.17) is 17.1 Å². The van der Waals surface area contributed by atoms with Crippen LogP contribution in [0.3, 0.4) is 0 Å². The Balaban J connectivity index is 0.000000290. The van der Waals surface area contributed by atoms with E-state index >= 15 is 0 Å². The van der Waals surface area contributed by atoms with Gasteiger partial charge in [0, 0.05) is 24.3 Å². The van der Waals surface area contributed by atoms with E-state index in [-0.39, 0.29) is 23.7 Å². The highest BCUT2D eigenvalue weighted by Gasteiger charge is 2.33. The number of aromatic nitrogens is 1. The summed E-state index contributed by atoms with van der Waals surface area (Å²) in [6.07, 6.45) is 1.98. The number of carbonyl (C=O) groups excluding carboxylic acids is 3. The zero-order valence-electron chi connectivity index (χ0n) is 14.0. The Morgan fingerprint density at radius 1 is 1.15 bits per heavy atom. The zero-order chi connectivity index (χ0) is 19.1. The van der Waals surface area contributed by atoms with Crippen molar-refractivity contribution < 1.29 is 19.2 Å². The van der Waals surface area contributed by atoms with Crippen molar-refractivity contribution in [1.82, 2.24) is 10.0 Å². The van der Waals surface area contributed by atoms with Crippen LogP contribution in [0, 0.1) is 4.64 Å². The van der Waals surface area contributed by atoms with Crippen molar-refractivity contribution in [2.24, 2.45) is 0 Å². The van der Waals surface area contributed by atoms with E-state index in [9.17, 15) is 14.4 Å². The van der Waals surface area contributed by atoms with Gasteiger partial charge < -0.3 is 9.82 Å². The molecule has 1 aromatic carbocycles. The summed E-state index contributed by atoms with van der Waals surface area (Å²) in [6, 6.07) is 12.3. The fraction of sp³-hybridized carbons (Fsp3) is 0.222. The summed E-state index contributed by atoms with van der Waals surface area (Å²) >= 11 is 9.03. The van der Waals surface area contributed by atoms with Crippen molar-refractivity contribution in [2.75, 3.05) is 0 Å². The molecule has 1 aliphatic heterocycles. The van der Waals surface area contributed by atoms with Crippen molar-refractivity contribution in [2.45, 2.75) is 25.0 Å². The lowest BCUT2D eigenvalue weighted by Gasteiger charge is -2.12. The van der Waals surface area contributed by atoms with Crippen molar-refractivity contribution >= 4 is 42.6 Å². The molecule has 2 amide bonds. The van der Waals surface area contributed by atoms with Crippen molar-refractivity contribution in [3.8, 4) is 0 Å². The molecule has 1 atom stereocenters. The molecule has 6 nitrogen and oxygen atoms in total. The molecule has 1 unspecified atom stereocenters. The van der Waals surface area contributed by atoms with Crippen molar-refractivity contribution in [1.29, 1.82) is 0 Å². The van der Waals surface area contributed by atoms with Crippen LogP contribution in [0.5, 0.6) is 0 Å². The number of nitrogens with one attached hydrogen (secondary N) is 1. The topological polar surface area (TPSA) is 79.5 Å². The molecule has 2 aromatic rings. The quantitative estimate of drug-likeness (QED) is 0.475. The van der Waals surface area contributed by atoms with E-state index in [1.165, 1.54) is 0 Å². The highest BCUT2D eigenvalue weighted by atomic mass is 32.1. The number of rotatable bonds is 3. The van der Waals surface area contributed by atoms with Crippen LogP contribution < -0.4 is 0 Å². The highest BCUT2D eigenvalue weighted by Crippen LogP contribution is 2.20. The van der Waals surface area contributed by atoms with Gasteiger partial charge in [0.1, 0.15) is 4.64 Å². The van der Waals surface area contributed by atoms with Gasteiger partial charge in [-0.2, -0.15) is 12.6 Å². The van der Waals surface area contributed by atoms with Crippen LogP contribution in [0.1, 0.15) is 40.9 Å². The minimum Gasteiger partial charge on any atom is -0.353 e. The summed E-state index contributed by atoms with van der Waals surface area (Å²) in [5, 5.41) is 0.601. The van der Waals surface area contributed by atoms with Gasteiger partial charge in [0.2, 0.25) is 0 Å². The first-order chi connectivity index (χ1) is 12.4. The maximum atomic E-state index is 11.8. The number of pyridine rings is 1. The summed E-state index contributed by atoms with van der Waals surface area (Å²) in [5.74, 6) is -1.69. The average Bonchev–Trinajstić information content (AvgIpc) is 2.95. The van der Waals surface area contributed by atoms with Crippen molar-refractivity contribution in [3.05, 3.63) is 64.4 Å². The van der Waals surface area contributed by atoms with E-state index in [0.29, 0.717) is 5.06 Å². The largest absolute Gasteiger partial charge is 0.363 e. The molecule has 3 rings (SSSR count). The van der Waals surface area contributed by atoms with Crippen LogP contribution in [0.4, 0.5) is 0 Å². The fourth-order valence-corrected chi connectivity index (χ4v) is 2.39. The molecular formula is C18H18N2O4S2. The van der Waals surface area contributed by atoms with Gasteiger partial charge in [-0.15, -0.1) is 5.06 Å². The van der Waals surface area contributed by atoms with Gasteiger partial charge in [-0.05, 0) is 36.8 Å². The monoisotopic (exact) mass is 390 g/mol. The van der Waals surface area contributed by atoms with Gasteiger partial charge >= 0.3 is 5.97 Å². The van der Waals surface area contributed by atoms with E-state index in [1.54, 1.807) is 24.3 Å². The van der Waals surface area contributed by atoms with Crippen LogP contribution >= 0.6 is 24.8 Å². The van der Waals surface area contributed by atoms with Gasteiger partial charge in [-0.25, -0.2) is 4.79 Å². The molecule has 0 radical (unpaired) electrons. The lowest BCUT2D eigenvalue weighted by molar-refractivity contribution is -0.172. The van der Waals surface area contributed by atoms with E-state index in [0.717, 1.165) is 10.2 Å². The Morgan fingerprint density at radius 2 is 1.77 bits per heavy atom. The summed E-state index contributed by atoms with van der Waals surface area (Å²) < 4.78 is 0.780. The smallest absolute Gasteiger partial charge is 0.353 e. The molecule has 1 saturated heterocycles. The molecule has 136 valence electrons. The molecule has 0 spiro atoms. The number of amides is 2. The predicted octanol–water partition coefficient (Wildman–Crippen LogP) is 3.64. The maximum Gasteiger partial charge on any atom is 0.363 e. The molecule has 1 aliphatic rings. The first kappa shape index (κ1) is 19.9. The van der Waals surface area contributed by atoms with Gasteiger partial charge in [-0.1, -0.05) is 30.4 Å². The second kappa shape index (κ2) is 9.30. The zero-order valence-corrected chi connectivity index (χ0v) is 15.8. The van der Waals surface area contributed by atoms with Crippen LogP contribution in [0.2, 0.25) is 0 Å². The average molecular weight is 390 g/mol. The Morgan fingerprint density at radius 3 is 2.19 bits per heavy atom. The fourth-order valence-electron chi connectivity index (χ4n) is 2.07. The summed E-state index contributed by atoms with van der Waals surface area (Å²) in [6.45, 7) is 1.91. The Bertz CT molecular complexity index is 813. The Labute approximate surface area is 161 Å². The molecule has 26 heavy (non-hydrogen) atoms. The van der Waals surface area contributed by atoms with E-state index in [1.807, 2.05) is 31.3 Å². The number of benzene rings is 1. The van der Waals surface area contributed by atoms with Gasteiger partial charge in [0.25, 0.3) is 11.8 Å². The number of hydrogen-bond acceptors (Lipinski definition) is 6. The molecule has 0 aliphatic carbocycles. The number of hydrogen-bond donors (Lipinski definition) is 2. The van der Waals surface area contributed by atoms with Crippen LogP contribution in [-0.4, -0.2) is 27.8 Å². The van der Waals surface area contributed by atoms with Crippen LogP contribution in [0.25, 0.3) is 0 Å². The summed E-state index contributed by atoms with van der Waals surface area (Å²) in [4.78, 5) is 42.1. The molecule has 1 fully saturated rings. The Kier molecular flexibility index (Phi) is 7.11. The molecular weight excluding hydrogens is 372 g/mol. The third-order valence-corrected chi connectivity index (χ3v) is 4.04. The van der Waals surface area contributed by atoms with E-state index in [2.05, 4.69) is 17.6 Å². The van der Waals surface area contributed by atoms with E-state index < -0.39 is 17.8 Å². The highest BCUT2D eigenvalue weighted by molar-refractivity contribution is 7.80. The SMILES string of the molecule is CC(S)c1ccc(C(=O)ON2C(=O)CCC2=O)cc1.S=c1cccc[nH]1. The summed E-state index contributed by atoms with van der Waals surface area (Å²) in [5.41, 5.74) is 1.25.